The van der Waals surface area contributed by atoms with Crippen LogP contribution >= 0.6 is 28.1 Å². The molecule has 18 heavy (non-hydrogen) atoms. The van der Waals surface area contributed by atoms with Crippen molar-refractivity contribution in [1.82, 2.24) is 4.90 Å². The molecule has 1 atom stereocenters. The van der Waals surface area contributed by atoms with Crippen molar-refractivity contribution < 1.29 is 4.79 Å². The summed E-state index contributed by atoms with van der Waals surface area (Å²) < 4.78 is 0.962. The molecule has 2 N–H and O–H groups in total. The Balaban J connectivity index is 2.20. The Morgan fingerprint density at radius 2 is 2.00 bits per heavy atom. The van der Waals surface area contributed by atoms with E-state index in [-0.39, 0.29) is 11.9 Å². The number of rotatable bonds is 2. The van der Waals surface area contributed by atoms with E-state index in [4.69, 9.17) is 18.0 Å². The third-order valence-corrected chi connectivity index (χ3v) is 3.98. The minimum absolute atomic E-state index is 0.0139. The number of thiocarbonyl (C=S) groups is 1. The summed E-state index contributed by atoms with van der Waals surface area (Å²) in [6.45, 7) is 0.733. The van der Waals surface area contributed by atoms with Crippen molar-refractivity contribution in [2.45, 2.75) is 25.3 Å². The van der Waals surface area contributed by atoms with Crippen LogP contribution in [-0.2, 0) is 0 Å². The van der Waals surface area contributed by atoms with Crippen LogP contribution < -0.4 is 5.73 Å². The van der Waals surface area contributed by atoms with E-state index in [0.717, 1.165) is 30.3 Å². The number of nitrogens with two attached hydrogens (primary N) is 1. The van der Waals surface area contributed by atoms with Crippen molar-refractivity contribution in [2.24, 2.45) is 5.73 Å². The quantitative estimate of drug-likeness (QED) is 0.850. The fourth-order valence-corrected chi connectivity index (χ4v) is 2.74. The fourth-order valence-electron chi connectivity index (χ4n) is 2.23. The number of hydrogen-bond donors (Lipinski definition) is 1. The van der Waals surface area contributed by atoms with Gasteiger partial charge in [0.2, 0.25) is 0 Å². The zero-order valence-corrected chi connectivity index (χ0v) is 12.3. The molecule has 1 aromatic carbocycles. The standard InChI is InChI=1S/C13H15BrN2OS/c14-10-6-4-9(5-7-10)13(17)16-8-2-1-3-11(16)12(15)18/h4-7,11H,1-3,8H2,(H2,15,18). The molecule has 2 rings (SSSR count). The smallest absolute Gasteiger partial charge is 0.254 e. The van der Waals surface area contributed by atoms with Crippen molar-refractivity contribution in [3.05, 3.63) is 34.3 Å². The average Bonchev–Trinajstić information content (AvgIpc) is 2.39. The lowest BCUT2D eigenvalue weighted by Crippen LogP contribution is -2.49. The molecule has 1 saturated heterocycles. The number of carbonyl (C=O) groups is 1. The van der Waals surface area contributed by atoms with Crippen molar-refractivity contribution >= 4 is 39.0 Å². The van der Waals surface area contributed by atoms with E-state index in [1.807, 2.05) is 24.3 Å². The first kappa shape index (κ1) is 13.5. The SMILES string of the molecule is NC(=S)C1CCCCN1C(=O)c1ccc(Br)cc1. The number of nitrogens with zero attached hydrogens (tertiary/aromatic N) is 1. The lowest BCUT2D eigenvalue weighted by Gasteiger charge is -2.35. The molecule has 1 heterocycles. The Hall–Kier alpha value is -0.940. The normalized spacial score (nSPS) is 19.6. The predicted octanol–water partition coefficient (Wildman–Crippen LogP) is 2.73. The Morgan fingerprint density at radius 3 is 2.61 bits per heavy atom. The molecule has 1 aromatic rings. The first-order valence-electron chi connectivity index (χ1n) is 5.95. The topological polar surface area (TPSA) is 46.3 Å². The van der Waals surface area contributed by atoms with Gasteiger partial charge in [-0.05, 0) is 43.5 Å². The lowest BCUT2D eigenvalue weighted by molar-refractivity contribution is 0.0681. The predicted molar refractivity (Wildman–Crippen MR) is 79.6 cm³/mol. The molecule has 96 valence electrons. The molecule has 1 amide bonds. The molecular weight excluding hydrogens is 312 g/mol. The maximum atomic E-state index is 12.4. The highest BCUT2D eigenvalue weighted by molar-refractivity contribution is 9.10. The van der Waals surface area contributed by atoms with Gasteiger partial charge in [0.05, 0.1) is 11.0 Å². The molecule has 0 spiro atoms. The van der Waals surface area contributed by atoms with Gasteiger partial charge in [0.15, 0.2) is 0 Å². The third-order valence-electron chi connectivity index (χ3n) is 3.18. The first-order chi connectivity index (χ1) is 8.59. The molecule has 1 unspecified atom stereocenters. The minimum Gasteiger partial charge on any atom is -0.392 e. The Labute approximate surface area is 120 Å². The summed E-state index contributed by atoms with van der Waals surface area (Å²) in [4.78, 5) is 14.6. The summed E-state index contributed by atoms with van der Waals surface area (Å²) in [6.07, 6.45) is 2.96. The van der Waals surface area contributed by atoms with Gasteiger partial charge in [-0.3, -0.25) is 4.79 Å². The number of benzene rings is 1. The van der Waals surface area contributed by atoms with Gasteiger partial charge in [-0.15, -0.1) is 0 Å². The van der Waals surface area contributed by atoms with E-state index in [1.54, 1.807) is 4.90 Å². The van der Waals surface area contributed by atoms with Gasteiger partial charge in [0, 0.05) is 16.6 Å². The summed E-state index contributed by atoms with van der Waals surface area (Å²) in [5.41, 5.74) is 6.41. The molecule has 0 radical (unpaired) electrons. The van der Waals surface area contributed by atoms with Gasteiger partial charge in [-0.1, -0.05) is 28.1 Å². The third kappa shape index (κ3) is 2.90. The van der Waals surface area contributed by atoms with Crippen molar-refractivity contribution in [3.8, 4) is 0 Å². The van der Waals surface area contributed by atoms with Crippen LogP contribution in [0.3, 0.4) is 0 Å². The van der Waals surface area contributed by atoms with Crippen LogP contribution in [0.5, 0.6) is 0 Å². The van der Waals surface area contributed by atoms with Crippen LogP contribution in [0.1, 0.15) is 29.6 Å². The maximum absolute atomic E-state index is 12.4. The van der Waals surface area contributed by atoms with Crippen LogP contribution in [0, 0.1) is 0 Å². The summed E-state index contributed by atoms with van der Waals surface area (Å²) >= 11 is 8.42. The monoisotopic (exact) mass is 326 g/mol. The van der Waals surface area contributed by atoms with Crippen molar-refractivity contribution in [1.29, 1.82) is 0 Å². The second-order valence-corrected chi connectivity index (χ2v) is 5.81. The fraction of sp³-hybridized carbons (Fsp3) is 0.385. The molecular formula is C13H15BrN2OS. The number of piperidine rings is 1. The summed E-state index contributed by atoms with van der Waals surface area (Å²) in [6, 6.07) is 7.28. The van der Waals surface area contributed by atoms with Gasteiger partial charge in [-0.25, -0.2) is 0 Å². The number of amides is 1. The maximum Gasteiger partial charge on any atom is 0.254 e. The second-order valence-electron chi connectivity index (χ2n) is 4.42. The van der Waals surface area contributed by atoms with Gasteiger partial charge in [0.25, 0.3) is 5.91 Å². The van der Waals surface area contributed by atoms with E-state index in [1.165, 1.54) is 0 Å². The van der Waals surface area contributed by atoms with Gasteiger partial charge in [-0.2, -0.15) is 0 Å². The van der Waals surface area contributed by atoms with Crippen molar-refractivity contribution in [3.63, 3.8) is 0 Å². The molecule has 0 aliphatic carbocycles. The molecule has 3 nitrogen and oxygen atoms in total. The number of likely N-dealkylation sites (tertiary alicyclic amines) is 1. The summed E-state index contributed by atoms with van der Waals surface area (Å²) in [5, 5.41) is 0. The van der Waals surface area contributed by atoms with Crippen LogP contribution in [-0.4, -0.2) is 28.4 Å². The Kier molecular flexibility index (Phi) is 4.35. The van der Waals surface area contributed by atoms with Crippen LogP contribution in [0.2, 0.25) is 0 Å². The number of hydrogen-bond acceptors (Lipinski definition) is 2. The molecule has 1 aliphatic rings. The highest BCUT2D eigenvalue weighted by Crippen LogP contribution is 2.21. The van der Waals surface area contributed by atoms with E-state index in [2.05, 4.69) is 15.9 Å². The minimum atomic E-state index is -0.0927. The van der Waals surface area contributed by atoms with Gasteiger partial charge < -0.3 is 10.6 Å². The van der Waals surface area contributed by atoms with Crippen molar-refractivity contribution in [2.75, 3.05) is 6.54 Å². The molecule has 5 heteroatoms. The van der Waals surface area contributed by atoms with Crippen LogP contribution in [0.25, 0.3) is 0 Å². The second kappa shape index (κ2) is 5.80. The van der Waals surface area contributed by atoms with Crippen LogP contribution in [0.4, 0.5) is 0 Å². The molecule has 0 aromatic heterocycles. The summed E-state index contributed by atoms with van der Waals surface area (Å²) in [7, 11) is 0. The molecule has 1 fully saturated rings. The van der Waals surface area contributed by atoms with E-state index >= 15 is 0 Å². The van der Waals surface area contributed by atoms with Gasteiger partial charge >= 0.3 is 0 Å². The highest BCUT2D eigenvalue weighted by Gasteiger charge is 2.29. The average molecular weight is 327 g/mol. The van der Waals surface area contributed by atoms with Gasteiger partial charge in [0.1, 0.15) is 0 Å². The summed E-state index contributed by atoms with van der Waals surface area (Å²) in [5.74, 6) is 0.0139. The first-order valence-corrected chi connectivity index (χ1v) is 7.15. The Bertz CT molecular complexity index is 461. The Morgan fingerprint density at radius 1 is 1.33 bits per heavy atom. The highest BCUT2D eigenvalue weighted by atomic mass is 79.9. The number of carbonyl (C=O) groups excluding carboxylic acids is 1. The van der Waals surface area contributed by atoms with E-state index in [0.29, 0.717) is 10.6 Å². The van der Waals surface area contributed by atoms with Crippen LogP contribution in [0.15, 0.2) is 28.7 Å². The largest absolute Gasteiger partial charge is 0.392 e. The molecule has 0 bridgehead atoms. The lowest BCUT2D eigenvalue weighted by atomic mass is 10.0. The van der Waals surface area contributed by atoms with E-state index < -0.39 is 0 Å². The van der Waals surface area contributed by atoms with E-state index in [9.17, 15) is 4.79 Å². The number of halogens is 1. The molecule has 1 aliphatic heterocycles. The zero-order valence-electron chi connectivity index (χ0n) is 9.93. The zero-order chi connectivity index (χ0) is 13.1. The molecule has 0 saturated carbocycles.